The molecule has 0 saturated heterocycles. The second-order valence-corrected chi connectivity index (χ2v) is 8.60. The first-order valence-electron chi connectivity index (χ1n) is 11.6. The molecule has 5 aromatic rings. The number of benzene rings is 4. The standard InChI is InChI=1S/C30H26N2O3/c1-20-15-27-28(16-21(20)2)35-30(32-27)24-13-11-22(12-14-24)18-31-29(33)25-9-6-10-26(17-25)34-19-23-7-4-3-5-8-23/h3-17H,18-19H2,1-2H3,(H,31,33). The first kappa shape index (κ1) is 22.4. The summed E-state index contributed by atoms with van der Waals surface area (Å²) >= 11 is 0. The normalized spacial score (nSPS) is 10.9. The van der Waals surface area contributed by atoms with Crippen LogP contribution < -0.4 is 10.1 Å². The van der Waals surface area contributed by atoms with Crippen molar-refractivity contribution in [3.05, 3.63) is 119 Å². The molecule has 1 aromatic heterocycles. The number of nitrogens with zero attached hydrogens (tertiary/aromatic N) is 1. The molecule has 1 amide bonds. The van der Waals surface area contributed by atoms with E-state index in [1.54, 1.807) is 12.1 Å². The highest BCUT2D eigenvalue weighted by Gasteiger charge is 2.11. The van der Waals surface area contributed by atoms with Gasteiger partial charge in [-0.25, -0.2) is 4.98 Å². The second-order valence-electron chi connectivity index (χ2n) is 8.60. The van der Waals surface area contributed by atoms with Crippen molar-refractivity contribution in [2.24, 2.45) is 0 Å². The Hall–Kier alpha value is -4.38. The van der Waals surface area contributed by atoms with Gasteiger partial charge in [0.1, 0.15) is 17.9 Å². The highest BCUT2D eigenvalue weighted by atomic mass is 16.5. The maximum absolute atomic E-state index is 12.7. The molecule has 0 atom stereocenters. The van der Waals surface area contributed by atoms with Crippen LogP contribution in [0, 0.1) is 13.8 Å². The summed E-state index contributed by atoms with van der Waals surface area (Å²) in [5.74, 6) is 1.10. The van der Waals surface area contributed by atoms with Gasteiger partial charge in [0.15, 0.2) is 5.58 Å². The molecule has 35 heavy (non-hydrogen) atoms. The number of hydrogen-bond acceptors (Lipinski definition) is 4. The topological polar surface area (TPSA) is 64.4 Å². The van der Waals surface area contributed by atoms with E-state index in [9.17, 15) is 4.79 Å². The van der Waals surface area contributed by atoms with Crippen LogP contribution >= 0.6 is 0 Å². The van der Waals surface area contributed by atoms with E-state index in [2.05, 4.69) is 24.1 Å². The Bertz CT molecular complexity index is 1430. The number of fused-ring (bicyclic) bond motifs is 1. The SMILES string of the molecule is Cc1cc2nc(-c3ccc(CNC(=O)c4cccc(OCc5ccccc5)c4)cc3)oc2cc1C. The van der Waals surface area contributed by atoms with Crippen LogP contribution in [-0.2, 0) is 13.2 Å². The van der Waals surface area contributed by atoms with Gasteiger partial charge >= 0.3 is 0 Å². The average Bonchev–Trinajstić information content (AvgIpc) is 3.30. The summed E-state index contributed by atoms with van der Waals surface area (Å²) in [5, 5.41) is 2.98. The van der Waals surface area contributed by atoms with Crippen molar-refractivity contribution in [2.75, 3.05) is 0 Å². The molecule has 0 bridgehead atoms. The van der Waals surface area contributed by atoms with E-state index < -0.39 is 0 Å². The van der Waals surface area contributed by atoms with Gasteiger partial charge < -0.3 is 14.5 Å². The molecule has 0 unspecified atom stereocenters. The summed E-state index contributed by atoms with van der Waals surface area (Å²) in [6.45, 7) is 5.01. The molecule has 0 spiro atoms. The minimum Gasteiger partial charge on any atom is -0.489 e. The number of amides is 1. The molecule has 0 saturated carbocycles. The number of carbonyl (C=O) groups excluding carboxylic acids is 1. The molecule has 5 rings (SSSR count). The number of carbonyl (C=O) groups is 1. The Labute approximate surface area is 204 Å². The third-order valence-electron chi connectivity index (χ3n) is 6.00. The number of oxazole rings is 1. The molecule has 0 aliphatic carbocycles. The molecule has 5 nitrogen and oxygen atoms in total. The minimum atomic E-state index is -0.149. The quantitative estimate of drug-likeness (QED) is 0.295. The lowest BCUT2D eigenvalue weighted by atomic mass is 10.1. The van der Waals surface area contributed by atoms with Crippen molar-refractivity contribution in [1.82, 2.24) is 10.3 Å². The van der Waals surface area contributed by atoms with Gasteiger partial charge in [-0.2, -0.15) is 0 Å². The molecule has 0 fully saturated rings. The lowest BCUT2D eigenvalue weighted by Gasteiger charge is -2.09. The van der Waals surface area contributed by atoms with Crippen LogP contribution in [0.4, 0.5) is 0 Å². The second kappa shape index (κ2) is 9.85. The van der Waals surface area contributed by atoms with E-state index in [1.165, 1.54) is 11.1 Å². The predicted octanol–water partition coefficient (Wildman–Crippen LogP) is 6.62. The van der Waals surface area contributed by atoms with Crippen LogP contribution in [0.3, 0.4) is 0 Å². The third-order valence-corrected chi connectivity index (χ3v) is 6.00. The maximum atomic E-state index is 12.7. The summed E-state index contributed by atoms with van der Waals surface area (Å²) in [4.78, 5) is 17.3. The van der Waals surface area contributed by atoms with E-state index in [-0.39, 0.29) is 5.91 Å². The van der Waals surface area contributed by atoms with Crippen LogP contribution in [0.15, 0.2) is 95.4 Å². The van der Waals surface area contributed by atoms with Crippen LogP contribution in [0.2, 0.25) is 0 Å². The number of ether oxygens (including phenoxy) is 1. The summed E-state index contributed by atoms with van der Waals surface area (Å²) in [6, 6.07) is 29.1. The van der Waals surface area contributed by atoms with E-state index in [0.717, 1.165) is 27.8 Å². The third kappa shape index (κ3) is 5.25. The fourth-order valence-electron chi connectivity index (χ4n) is 3.82. The Kier molecular flexibility index (Phi) is 6.31. The van der Waals surface area contributed by atoms with Crippen LogP contribution in [0.1, 0.15) is 32.6 Å². The molecular weight excluding hydrogens is 436 g/mol. The monoisotopic (exact) mass is 462 g/mol. The summed E-state index contributed by atoms with van der Waals surface area (Å²) < 4.78 is 11.8. The zero-order valence-electron chi connectivity index (χ0n) is 19.7. The highest BCUT2D eigenvalue weighted by molar-refractivity contribution is 5.94. The van der Waals surface area contributed by atoms with Crippen molar-refractivity contribution in [3.8, 4) is 17.2 Å². The van der Waals surface area contributed by atoms with Crippen molar-refractivity contribution < 1.29 is 13.9 Å². The fraction of sp³-hybridized carbons (Fsp3) is 0.133. The van der Waals surface area contributed by atoms with Gasteiger partial charge in [0.05, 0.1) is 0 Å². The molecule has 1 N–H and O–H groups in total. The van der Waals surface area contributed by atoms with Crippen molar-refractivity contribution in [2.45, 2.75) is 27.0 Å². The van der Waals surface area contributed by atoms with Gasteiger partial charge in [0.2, 0.25) is 5.89 Å². The first-order chi connectivity index (χ1) is 17.0. The number of aromatic nitrogens is 1. The predicted molar refractivity (Wildman–Crippen MR) is 137 cm³/mol. The van der Waals surface area contributed by atoms with E-state index in [4.69, 9.17) is 9.15 Å². The fourth-order valence-corrected chi connectivity index (χ4v) is 3.82. The van der Waals surface area contributed by atoms with Crippen LogP contribution in [0.5, 0.6) is 5.75 Å². The Morgan fingerprint density at radius 3 is 2.43 bits per heavy atom. The Balaban J connectivity index is 1.20. The number of aryl methyl sites for hydroxylation is 2. The Morgan fingerprint density at radius 1 is 0.857 bits per heavy atom. The summed E-state index contributed by atoms with van der Waals surface area (Å²) in [5.41, 5.74) is 7.54. The summed E-state index contributed by atoms with van der Waals surface area (Å²) in [7, 11) is 0. The molecule has 0 aliphatic rings. The number of hydrogen-bond donors (Lipinski definition) is 1. The van der Waals surface area contributed by atoms with Gasteiger partial charge in [0, 0.05) is 17.7 Å². The van der Waals surface area contributed by atoms with E-state index in [0.29, 0.717) is 30.4 Å². The molecular formula is C30H26N2O3. The zero-order valence-corrected chi connectivity index (χ0v) is 19.7. The van der Waals surface area contributed by atoms with Crippen LogP contribution in [-0.4, -0.2) is 10.9 Å². The largest absolute Gasteiger partial charge is 0.489 e. The van der Waals surface area contributed by atoms with Gasteiger partial charge in [0.25, 0.3) is 5.91 Å². The lowest BCUT2D eigenvalue weighted by molar-refractivity contribution is 0.0950. The Morgan fingerprint density at radius 2 is 1.63 bits per heavy atom. The molecule has 0 radical (unpaired) electrons. The van der Waals surface area contributed by atoms with Gasteiger partial charge in [-0.1, -0.05) is 48.5 Å². The van der Waals surface area contributed by atoms with Gasteiger partial charge in [-0.05, 0) is 78.6 Å². The number of rotatable bonds is 7. The average molecular weight is 463 g/mol. The van der Waals surface area contributed by atoms with Crippen LogP contribution in [0.25, 0.3) is 22.6 Å². The molecule has 0 aliphatic heterocycles. The van der Waals surface area contributed by atoms with Gasteiger partial charge in [-0.15, -0.1) is 0 Å². The molecule has 4 aromatic carbocycles. The van der Waals surface area contributed by atoms with Crippen molar-refractivity contribution >= 4 is 17.0 Å². The molecule has 1 heterocycles. The smallest absolute Gasteiger partial charge is 0.251 e. The summed E-state index contributed by atoms with van der Waals surface area (Å²) in [6.07, 6.45) is 0. The van der Waals surface area contributed by atoms with Gasteiger partial charge in [-0.3, -0.25) is 4.79 Å². The molecule has 5 heteroatoms. The highest BCUT2D eigenvalue weighted by Crippen LogP contribution is 2.26. The van der Waals surface area contributed by atoms with E-state index in [1.807, 2.05) is 78.9 Å². The maximum Gasteiger partial charge on any atom is 0.251 e. The lowest BCUT2D eigenvalue weighted by Crippen LogP contribution is -2.22. The minimum absolute atomic E-state index is 0.149. The first-order valence-corrected chi connectivity index (χ1v) is 11.6. The number of nitrogens with one attached hydrogen (secondary N) is 1. The molecule has 174 valence electrons. The zero-order chi connectivity index (χ0) is 24.2. The van der Waals surface area contributed by atoms with Crippen molar-refractivity contribution in [1.29, 1.82) is 0 Å². The van der Waals surface area contributed by atoms with E-state index >= 15 is 0 Å². The van der Waals surface area contributed by atoms with Crippen molar-refractivity contribution in [3.63, 3.8) is 0 Å².